The summed E-state index contributed by atoms with van der Waals surface area (Å²) in [6.07, 6.45) is -6.59. The molecule has 0 radical (unpaired) electrons. The molecule has 1 fully saturated rings. The molecule has 2 bridgehead atoms. The van der Waals surface area contributed by atoms with Crippen molar-refractivity contribution in [1.29, 1.82) is 5.26 Å². The third-order valence-electron chi connectivity index (χ3n) is 6.80. The number of aromatic nitrogens is 1. The predicted octanol–water partition coefficient (Wildman–Crippen LogP) is 5.40. The van der Waals surface area contributed by atoms with Crippen molar-refractivity contribution >= 4 is 11.8 Å². The summed E-state index contributed by atoms with van der Waals surface area (Å²) in [4.78, 5) is 12.5. The summed E-state index contributed by atoms with van der Waals surface area (Å²) < 4.78 is 66.2. The number of rotatable bonds is 3. The van der Waals surface area contributed by atoms with Crippen molar-refractivity contribution in [3.05, 3.63) is 70.5 Å². The number of amides is 1. The van der Waals surface area contributed by atoms with E-state index in [0.29, 0.717) is 6.07 Å². The van der Waals surface area contributed by atoms with E-state index in [9.17, 15) is 32.6 Å². The minimum absolute atomic E-state index is 0.0660. The third-order valence-corrected chi connectivity index (χ3v) is 6.80. The highest BCUT2D eigenvalue weighted by molar-refractivity contribution is 5.84. The number of carbonyl (C=O) groups is 1. The first-order valence-electron chi connectivity index (χ1n) is 11.0. The van der Waals surface area contributed by atoms with Crippen molar-refractivity contribution in [2.75, 3.05) is 5.32 Å². The summed E-state index contributed by atoms with van der Waals surface area (Å²) in [5.74, 6) is -1.62. The Morgan fingerprint density at radius 2 is 1.81 bits per heavy atom. The lowest BCUT2D eigenvalue weighted by Gasteiger charge is -2.29. The monoisotopic (exact) mass is 517 g/mol. The second-order valence-electron chi connectivity index (χ2n) is 9.24. The van der Waals surface area contributed by atoms with Gasteiger partial charge in [-0.25, -0.2) is 9.18 Å². The van der Waals surface area contributed by atoms with Gasteiger partial charge < -0.3 is 19.7 Å². The van der Waals surface area contributed by atoms with Gasteiger partial charge in [-0.05, 0) is 56.3 Å². The summed E-state index contributed by atoms with van der Waals surface area (Å²) in [5, 5.41) is 33.6. The van der Waals surface area contributed by atoms with Crippen molar-refractivity contribution in [3.63, 3.8) is 0 Å². The van der Waals surface area contributed by atoms with E-state index in [4.69, 9.17) is 14.7 Å². The fourth-order valence-electron chi connectivity index (χ4n) is 5.22. The number of halogens is 4. The SMILES string of the molecule is C[C@]12C[C@@H](OC(=O)Nc3ccc(F)cc3)[C@](C)(O1)c1c2c(O)n(-c2ccc(C#N)c(C(F)(F)F)c2)c1O. The van der Waals surface area contributed by atoms with E-state index in [2.05, 4.69) is 5.32 Å². The van der Waals surface area contributed by atoms with Crippen LogP contribution in [-0.4, -0.2) is 27.0 Å². The molecule has 8 nitrogen and oxygen atoms in total. The van der Waals surface area contributed by atoms with Crippen LogP contribution in [0.4, 0.5) is 28.0 Å². The van der Waals surface area contributed by atoms with Gasteiger partial charge in [0, 0.05) is 12.1 Å². The number of fused-ring (bicyclic) bond motifs is 5. The zero-order valence-corrected chi connectivity index (χ0v) is 19.4. The summed E-state index contributed by atoms with van der Waals surface area (Å²) in [5.41, 5.74) is -4.25. The van der Waals surface area contributed by atoms with Gasteiger partial charge in [-0.15, -0.1) is 0 Å². The fraction of sp³-hybridized carbons (Fsp3) is 0.280. The van der Waals surface area contributed by atoms with E-state index >= 15 is 0 Å². The molecule has 1 amide bonds. The maximum atomic E-state index is 13.5. The lowest BCUT2D eigenvalue weighted by atomic mass is 9.78. The molecule has 0 aliphatic carbocycles. The first kappa shape index (κ1) is 24.5. The fourth-order valence-corrected chi connectivity index (χ4v) is 5.22. The van der Waals surface area contributed by atoms with E-state index in [0.717, 1.165) is 22.8 Å². The number of hydrogen-bond donors (Lipinski definition) is 3. The molecule has 192 valence electrons. The Morgan fingerprint density at radius 1 is 1.16 bits per heavy atom. The van der Waals surface area contributed by atoms with E-state index in [-0.39, 0.29) is 28.9 Å². The number of nitrogens with one attached hydrogen (secondary N) is 1. The van der Waals surface area contributed by atoms with E-state index in [1.807, 2.05) is 0 Å². The molecule has 0 saturated carbocycles. The maximum absolute atomic E-state index is 13.5. The smallest absolute Gasteiger partial charge is 0.417 e. The molecular weight excluding hydrogens is 498 g/mol. The first-order chi connectivity index (χ1) is 17.3. The summed E-state index contributed by atoms with van der Waals surface area (Å²) >= 11 is 0. The second-order valence-corrected chi connectivity index (χ2v) is 9.24. The maximum Gasteiger partial charge on any atom is 0.417 e. The van der Waals surface area contributed by atoms with E-state index in [1.54, 1.807) is 6.92 Å². The van der Waals surface area contributed by atoms with E-state index < -0.39 is 58.3 Å². The van der Waals surface area contributed by atoms with Crippen LogP contribution in [0.25, 0.3) is 5.69 Å². The molecule has 0 unspecified atom stereocenters. The Bertz CT molecular complexity index is 1480. The van der Waals surface area contributed by atoms with Gasteiger partial charge in [0.15, 0.2) is 0 Å². The highest BCUT2D eigenvalue weighted by Gasteiger charge is 2.66. The minimum atomic E-state index is -4.85. The van der Waals surface area contributed by atoms with Gasteiger partial charge in [-0.3, -0.25) is 9.88 Å². The number of carbonyl (C=O) groups excluding carboxylic acids is 1. The third kappa shape index (κ3) is 3.65. The highest BCUT2D eigenvalue weighted by Crippen LogP contribution is 2.65. The van der Waals surface area contributed by atoms with Crippen molar-refractivity contribution in [3.8, 4) is 23.5 Å². The molecule has 12 heteroatoms. The van der Waals surface area contributed by atoms with Crippen LogP contribution in [0.15, 0.2) is 42.5 Å². The van der Waals surface area contributed by atoms with Crippen LogP contribution in [0.5, 0.6) is 11.8 Å². The van der Waals surface area contributed by atoms with Gasteiger partial charge in [0.25, 0.3) is 0 Å². The average Bonchev–Trinajstić information content (AvgIpc) is 3.34. The number of aromatic hydroxyl groups is 2. The lowest BCUT2D eigenvalue weighted by Crippen LogP contribution is -2.38. The molecule has 2 aromatic carbocycles. The van der Waals surface area contributed by atoms with Crippen molar-refractivity contribution < 1.29 is 42.0 Å². The Kier molecular flexibility index (Phi) is 5.21. The Labute approximate surface area is 207 Å². The summed E-state index contributed by atoms with van der Waals surface area (Å²) in [6, 6.07) is 9.24. The number of nitrogens with zero attached hydrogens (tertiary/aromatic N) is 2. The zero-order chi connectivity index (χ0) is 26.9. The molecule has 2 aliphatic heterocycles. The number of anilines is 1. The number of hydrogen-bond acceptors (Lipinski definition) is 6. The van der Waals surface area contributed by atoms with Gasteiger partial charge in [0.1, 0.15) is 23.1 Å². The molecule has 0 spiro atoms. The largest absolute Gasteiger partial charge is 0.494 e. The molecule has 37 heavy (non-hydrogen) atoms. The first-order valence-corrected chi connectivity index (χ1v) is 11.0. The summed E-state index contributed by atoms with van der Waals surface area (Å²) in [7, 11) is 0. The van der Waals surface area contributed by atoms with Crippen molar-refractivity contribution in [1.82, 2.24) is 4.57 Å². The minimum Gasteiger partial charge on any atom is -0.494 e. The molecular formula is C25H19F4N3O5. The zero-order valence-electron chi connectivity index (χ0n) is 19.4. The molecule has 2 aliphatic rings. The highest BCUT2D eigenvalue weighted by atomic mass is 19.4. The molecule has 1 aromatic heterocycles. The molecule has 3 heterocycles. The van der Waals surface area contributed by atoms with Crippen molar-refractivity contribution in [2.24, 2.45) is 0 Å². The van der Waals surface area contributed by atoms with Crippen molar-refractivity contribution in [2.45, 2.75) is 43.8 Å². The second kappa shape index (κ2) is 7.88. The van der Waals surface area contributed by atoms with Gasteiger partial charge in [-0.2, -0.15) is 18.4 Å². The standard InChI is InChI=1S/C25H19F4N3O5/c1-23-10-17(36-22(35)31-14-6-4-13(26)5-7-14)24(2,37-23)19-18(23)20(33)32(21(19)34)15-8-3-12(11-30)16(9-15)25(27,28)29/h3-9,17,33-34H,10H2,1-2H3,(H,31,35)/t17-,23-,24+/m1/s1. The van der Waals surface area contributed by atoms with Gasteiger partial charge >= 0.3 is 12.3 Å². The number of nitriles is 1. The van der Waals surface area contributed by atoms with Gasteiger partial charge in [0.05, 0.1) is 34.0 Å². The quantitative estimate of drug-likeness (QED) is 0.401. The van der Waals surface area contributed by atoms with Gasteiger partial charge in [0.2, 0.25) is 11.8 Å². The number of ether oxygens (including phenoxy) is 2. The van der Waals surface area contributed by atoms with Crippen LogP contribution >= 0.6 is 0 Å². The van der Waals surface area contributed by atoms with Crippen LogP contribution in [0.1, 0.15) is 42.5 Å². The molecule has 1 saturated heterocycles. The molecule has 3 N–H and O–H groups in total. The summed E-state index contributed by atoms with van der Waals surface area (Å²) in [6.45, 7) is 3.13. The lowest BCUT2D eigenvalue weighted by molar-refractivity contribution is -0.137. The molecule has 5 rings (SSSR count). The Morgan fingerprint density at radius 3 is 2.43 bits per heavy atom. The Balaban J connectivity index is 1.52. The predicted molar refractivity (Wildman–Crippen MR) is 120 cm³/mol. The van der Waals surface area contributed by atoms with Crippen LogP contribution in [0, 0.1) is 17.1 Å². The Hall–Kier alpha value is -4.24. The van der Waals surface area contributed by atoms with Crippen LogP contribution in [0.3, 0.4) is 0 Å². The normalized spacial score (nSPS) is 24.0. The molecule has 3 aromatic rings. The molecule has 3 atom stereocenters. The van der Waals surface area contributed by atoms with Crippen LogP contribution in [-0.2, 0) is 26.9 Å². The average molecular weight is 517 g/mol. The van der Waals surface area contributed by atoms with Crippen LogP contribution in [0.2, 0.25) is 0 Å². The topological polar surface area (TPSA) is 117 Å². The van der Waals surface area contributed by atoms with E-state index in [1.165, 1.54) is 31.2 Å². The number of alkyl halides is 3. The van der Waals surface area contributed by atoms with Gasteiger partial charge in [-0.1, -0.05) is 0 Å². The van der Waals surface area contributed by atoms with Crippen LogP contribution < -0.4 is 5.32 Å². The number of benzene rings is 2.